The lowest BCUT2D eigenvalue weighted by molar-refractivity contribution is -0.130. The Hall–Kier alpha value is -4.59. The predicted molar refractivity (Wildman–Crippen MR) is 127 cm³/mol. The minimum Gasteiger partial charge on any atom is -0.503 e. The largest absolute Gasteiger partial charge is 0.503 e. The number of rotatable bonds is 7. The maximum Gasteiger partial charge on any atom is 0.290 e. The molecule has 1 aliphatic rings. The van der Waals surface area contributed by atoms with Crippen LogP contribution in [0.5, 0.6) is 11.5 Å². The van der Waals surface area contributed by atoms with Crippen molar-refractivity contribution in [3.63, 3.8) is 0 Å². The van der Waals surface area contributed by atoms with Gasteiger partial charge < -0.3 is 23.9 Å². The van der Waals surface area contributed by atoms with Crippen LogP contribution in [0.4, 0.5) is 0 Å². The van der Waals surface area contributed by atoms with E-state index in [0.717, 1.165) is 5.56 Å². The molecule has 3 heterocycles. The van der Waals surface area contributed by atoms with E-state index < -0.39 is 23.5 Å². The van der Waals surface area contributed by atoms with Crippen LogP contribution >= 0.6 is 0 Å². The Bertz CT molecular complexity index is 1460. The van der Waals surface area contributed by atoms with Gasteiger partial charge in [-0.1, -0.05) is 30.3 Å². The van der Waals surface area contributed by atoms with Crippen molar-refractivity contribution < 1.29 is 28.6 Å². The van der Waals surface area contributed by atoms with E-state index in [-0.39, 0.29) is 17.9 Å². The summed E-state index contributed by atoms with van der Waals surface area (Å²) in [4.78, 5) is 32.5. The summed E-state index contributed by atoms with van der Waals surface area (Å²) in [6, 6.07) is 16.7. The second-order valence-electron chi connectivity index (χ2n) is 8.01. The third-order valence-electron chi connectivity index (χ3n) is 6.06. The monoisotopic (exact) mass is 470 g/mol. The molecule has 0 radical (unpaired) electrons. The highest BCUT2D eigenvalue weighted by atomic mass is 16.5. The first-order valence-electron chi connectivity index (χ1n) is 10.9. The second-order valence-corrected chi connectivity index (χ2v) is 8.01. The van der Waals surface area contributed by atoms with Gasteiger partial charge in [-0.3, -0.25) is 14.6 Å². The summed E-state index contributed by atoms with van der Waals surface area (Å²) in [6.45, 7) is 0.116. The van der Waals surface area contributed by atoms with Crippen LogP contribution in [0.15, 0.2) is 88.8 Å². The van der Waals surface area contributed by atoms with E-state index in [9.17, 15) is 14.7 Å². The van der Waals surface area contributed by atoms with Crippen LogP contribution in [0, 0.1) is 0 Å². The van der Waals surface area contributed by atoms with Gasteiger partial charge in [-0.25, -0.2) is 0 Å². The number of aliphatic hydroxyl groups is 1. The molecule has 0 saturated heterocycles. The van der Waals surface area contributed by atoms with Gasteiger partial charge in [-0.2, -0.15) is 0 Å². The Labute approximate surface area is 201 Å². The molecule has 2 aromatic heterocycles. The number of para-hydroxylation sites is 2. The molecule has 1 aliphatic heterocycles. The van der Waals surface area contributed by atoms with Gasteiger partial charge in [0.05, 0.1) is 32.4 Å². The second kappa shape index (κ2) is 8.98. The number of carbonyl (C=O) groups is 2. The zero-order valence-corrected chi connectivity index (χ0v) is 19.1. The summed E-state index contributed by atoms with van der Waals surface area (Å²) in [6.07, 6.45) is 3.15. The number of Topliss-reactive ketones (excluding diaryl/α,β-unsaturated/α-hetero) is 1. The van der Waals surface area contributed by atoms with Crippen molar-refractivity contribution in [2.45, 2.75) is 12.6 Å². The van der Waals surface area contributed by atoms with Gasteiger partial charge in [0, 0.05) is 23.3 Å². The van der Waals surface area contributed by atoms with Gasteiger partial charge >= 0.3 is 0 Å². The van der Waals surface area contributed by atoms with E-state index in [1.165, 1.54) is 12.0 Å². The molecule has 1 atom stereocenters. The molecule has 8 heteroatoms. The fraction of sp³-hybridized carbons (Fsp3) is 0.148. The topological polar surface area (TPSA) is 102 Å². The first-order valence-corrected chi connectivity index (χ1v) is 10.9. The van der Waals surface area contributed by atoms with Gasteiger partial charge in [0.2, 0.25) is 5.78 Å². The first-order chi connectivity index (χ1) is 17.0. The maximum absolute atomic E-state index is 13.7. The number of nitrogens with zero attached hydrogens (tertiary/aromatic N) is 2. The number of benzene rings is 2. The molecule has 8 nitrogen and oxygen atoms in total. The summed E-state index contributed by atoms with van der Waals surface area (Å²) < 4.78 is 16.6. The summed E-state index contributed by atoms with van der Waals surface area (Å²) in [5.74, 6) is -0.785. The smallest absolute Gasteiger partial charge is 0.290 e. The Kier molecular flexibility index (Phi) is 5.70. The van der Waals surface area contributed by atoms with Crippen molar-refractivity contribution in [3.8, 4) is 11.5 Å². The van der Waals surface area contributed by atoms with Crippen molar-refractivity contribution in [2.24, 2.45) is 0 Å². The van der Waals surface area contributed by atoms with Gasteiger partial charge in [-0.05, 0) is 35.9 Å². The standard InChI is InChI=1S/C27H22N2O6/c1-33-19-8-4-3-6-18(19)15-29-23(16-10-12-28-13-11-16)22(25(31)27(29)32)24(30)21-14-17-7-5-9-20(34-2)26(17)35-21/h3-14,23,31H,15H2,1-2H3. The van der Waals surface area contributed by atoms with Crippen LogP contribution in [0.3, 0.4) is 0 Å². The number of pyridine rings is 1. The summed E-state index contributed by atoms with van der Waals surface area (Å²) >= 11 is 0. The van der Waals surface area contributed by atoms with Crippen molar-refractivity contribution >= 4 is 22.7 Å². The molecule has 0 bridgehead atoms. The van der Waals surface area contributed by atoms with E-state index >= 15 is 0 Å². The highest BCUT2D eigenvalue weighted by Gasteiger charge is 2.44. The highest BCUT2D eigenvalue weighted by Crippen LogP contribution is 2.41. The van der Waals surface area contributed by atoms with Crippen molar-refractivity contribution in [2.75, 3.05) is 14.2 Å². The minimum absolute atomic E-state index is 0.00273. The molecular formula is C27H22N2O6. The fourth-order valence-electron chi connectivity index (χ4n) is 4.40. The van der Waals surface area contributed by atoms with Crippen LogP contribution in [0.2, 0.25) is 0 Å². The average Bonchev–Trinajstić information content (AvgIpc) is 3.44. The average molecular weight is 470 g/mol. The third kappa shape index (κ3) is 3.78. The van der Waals surface area contributed by atoms with Gasteiger partial charge in [-0.15, -0.1) is 0 Å². The Morgan fingerprint density at radius 2 is 1.74 bits per heavy atom. The molecule has 0 aliphatic carbocycles. The summed E-state index contributed by atoms with van der Waals surface area (Å²) in [7, 11) is 3.06. The number of aliphatic hydroxyl groups excluding tert-OH is 1. The first kappa shape index (κ1) is 22.2. The zero-order valence-electron chi connectivity index (χ0n) is 19.1. The van der Waals surface area contributed by atoms with Crippen LogP contribution in [0.1, 0.15) is 27.7 Å². The van der Waals surface area contributed by atoms with Gasteiger partial charge in [0.1, 0.15) is 5.75 Å². The van der Waals surface area contributed by atoms with Crippen molar-refractivity contribution in [1.82, 2.24) is 9.88 Å². The number of fused-ring (bicyclic) bond motifs is 1. The number of amides is 1. The molecule has 35 heavy (non-hydrogen) atoms. The lowest BCUT2D eigenvalue weighted by Crippen LogP contribution is -2.30. The number of ketones is 1. The minimum atomic E-state index is -0.849. The van der Waals surface area contributed by atoms with E-state index in [2.05, 4.69) is 4.98 Å². The SMILES string of the molecule is COc1ccccc1CN1C(=O)C(O)=C(C(=O)c2cc3cccc(OC)c3o2)C1c1ccncc1. The van der Waals surface area contributed by atoms with E-state index in [4.69, 9.17) is 13.9 Å². The Morgan fingerprint density at radius 3 is 2.49 bits per heavy atom. The predicted octanol–water partition coefficient (Wildman–Crippen LogP) is 4.62. The van der Waals surface area contributed by atoms with E-state index in [0.29, 0.717) is 28.0 Å². The lowest BCUT2D eigenvalue weighted by Gasteiger charge is -2.27. The Balaban J connectivity index is 1.60. The zero-order chi connectivity index (χ0) is 24.5. The van der Waals surface area contributed by atoms with E-state index in [1.54, 1.807) is 62.0 Å². The molecule has 1 N–H and O–H groups in total. The van der Waals surface area contributed by atoms with Gasteiger partial charge in [0.15, 0.2) is 22.9 Å². The summed E-state index contributed by atoms with van der Waals surface area (Å²) in [5, 5.41) is 11.6. The number of furan rings is 1. The highest BCUT2D eigenvalue weighted by molar-refractivity contribution is 6.16. The number of hydrogen-bond donors (Lipinski definition) is 1. The molecule has 4 aromatic rings. The number of carbonyl (C=O) groups excluding carboxylic acids is 2. The number of hydrogen-bond acceptors (Lipinski definition) is 7. The van der Waals surface area contributed by atoms with Crippen molar-refractivity contribution in [1.29, 1.82) is 0 Å². The molecule has 5 rings (SSSR count). The quantitative estimate of drug-likeness (QED) is 0.393. The van der Waals surface area contributed by atoms with Crippen LogP contribution in [-0.2, 0) is 11.3 Å². The van der Waals surface area contributed by atoms with E-state index in [1.807, 2.05) is 18.2 Å². The molecular weight excluding hydrogens is 448 g/mol. The molecule has 0 saturated carbocycles. The van der Waals surface area contributed by atoms with Gasteiger partial charge in [0.25, 0.3) is 5.91 Å². The molecule has 0 spiro atoms. The third-order valence-corrected chi connectivity index (χ3v) is 6.06. The molecule has 2 aromatic carbocycles. The lowest BCUT2D eigenvalue weighted by atomic mass is 9.95. The number of ether oxygens (including phenoxy) is 2. The molecule has 1 unspecified atom stereocenters. The normalized spacial score (nSPS) is 15.7. The molecule has 176 valence electrons. The van der Waals surface area contributed by atoms with Crippen LogP contribution < -0.4 is 9.47 Å². The fourth-order valence-corrected chi connectivity index (χ4v) is 4.40. The van der Waals surface area contributed by atoms with Crippen molar-refractivity contribution in [3.05, 3.63) is 101 Å². The number of aromatic nitrogens is 1. The molecule has 0 fully saturated rings. The molecule has 1 amide bonds. The van der Waals surface area contributed by atoms with Crippen LogP contribution in [-0.4, -0.2) is 40.9 Å². The maximum atomic E-state index is 13.7. The van der Waals surface area contributed by atoms with Crippen LogP contribution in [0.25, 0.3) is 11.0 Å². The summed E-state index contributed by atoms with van der Waals surface area (Å²) in [5.41, 5.74) is 1.71. The Morgan fingerprint density at radius 1 is 1.03 bits per heavy atom. The number of methoxy groups -OCH3 is 2.